The molecule has 25 heavy (non-hydrogen) atoms. The van der Waals surface area contributed by atoms with E-state index in [2.05, 4.69) is 9.88 Å². The molecule has 0 N–H and O–H groups in total. The fraction of sp³-hybridized carbons (Fsp3) is 0.500. The van der Waals surface area contributed by atoms with Gasteiger partial charge in [0.2, 0.25) is 11.8 Å². The highest BCUT2D eigenvalue weighted by molar-refractivity contribution is 5.91. The number of piperidine rings is 2. The number of hydrogen-bond donors (Lipinski definition) is 0. The molecule has 132 valence electrons. The minimum absolute atomic E-state index is 0.0550. The third-order valence-corrected chi connectivity index (χ3v) is 5.36. The lowest BCUT2D eigenvalue weighted by Crippen LogP contribution is -2.47. The van der Waals surface area contributed by atoms with Crippen LogP contribution >= 0.6 is 0 Å². The van der Waals surface area contributed by atoms with Crippen molar-refractivity contribution in [3.8, 4) is 0 Å². The van der Waals surface area contributed by atoms with Crippen molar-refractivity contribution < 1.29 is 9.21 Å². The fourth-order valence-electron chi connectivity index (χ4n) is 3.94. The van der Waals surface area contributed by atoms with Crippen LogP contribution in [-0.4, -0.2) is 52.9 Å². The summed E-state index contributed by atoms with van der Waals surface area (Å²) < 4.78 is 5.63. The molecule has 4 rings (SSSR count). The predicted molar refractivity (Wildman–Crippen MR) is 98.1 cm³/mol. The van der Waals surface area contributed by atoms with Crippen molar-refractivity contribution in [3.05, 3.63) is 36.2 Å². The molecule has 3 heterocycles. The van der Waals surface area contributed by atoms with Crippen LogP contribution in [-0.2, 0) is 4.79 Å². The Labute approximate surface area is 148 Å². The molecular formula is C20H25N3O2. The molecule has 1 aromatic carbocycles. The summed E-state index contributed by atoms with van der Waals surface area (Å²) >= 11 is 0. The van der Waals surface area contributed by atoms with Crippen molar-refractivity contribution >= 4 is 23.1 Å². The van der Waals surface area contributed by atoms with Gasteiger partial charge >= 0.3 is 0 Å². The number of para-hydroxylation sites is 2. The zero-order valence-corrected chi connectivity index (χ0v) is 14.6. The first-order chi connectivity index (χ1) is 12.3. The molecule has 1 amide bonds. The smallest absolute Gasteiger partial charge is 0.246 e. The summed E-state index contributed by atoms with van der Waals surface area (Å²) in [7, 11) is 0. The molecule has 0 unspecified atom stereocenters. The molecule has 1 aromatic heterocycles. The highest BCUT2D eigenvalue weighted by Crippen LogP contribution is 2.21. The van der Waals surface area contributed by atoms with E-state index in [4.69, 9.17) is 4.42 Å². The number of nitrogens with zero attached hydrogens (tertiary/aromatic N) is 3. The Bertz CT molecular complexity index is 720. The molecule has 5 heteroatoms. The lowest BCUT2D eigenvalue weighted by Gasteiger charge is -2.40. The van der Waals surface area contributed by atoms with Crippen LogP contribution < -0.4 is 0 Å². The SMILES string of the molecule is O=C(/C=C\c1nc2ccccc2o1)N1CCC(N2CCCCC2)CC1. The zero-order chi connectivity index (χ0) is 17.1. The highest BCUT2D eigenvalue weighted by Gasteiger charge is 2.26. The summed E-state index contributed by atoms with van der Waals surface area (Å²) in [4.78, 5) is 21.4. The maximum absolute atomic E-state index is 12.4. The summed E-state index contributed by atoms with van der Waals surface area (Å²) in [6.07, 6.45) is 9.46. The number of benzene rings is 1. The normalized spacial score (nSPS) is 20.6. The first-order valence-electron chi connectivity index (χ1n) is 9.36. The third kappa shape index (κ3) is 3.76. The molecule has 2 fully saturated rings. The lowest BCUT2D eigenvalue weighted by atomic mass is 10.00. The summed E-state index contributed by atoms with van der Waals surface area (Å²) in [6.45, 7) is 4.16. The van der Waals surface area contributed by atoms with Crippen molar-refractivity contribution in [2.24, 2.45) is 0 Å². The molecule has 0 radical (unpaired) electrons. The summed E-state index contributed by atoms with van der Waals surface area (Å²) in [6, 6.07) is 8.29. The van der Waals surface area contributed by atoms with Crippen molar-refractivity contribution in [1.82, 2.24) is 14.8 Å². The van der Waals surface area contributed by atoms with Crippen LogP contribution in [0, 0.1) is 0 Å². The van der Waals surface area contributed by atoms with Gasteiger partial charge in [-0.3, -0.25) is 4.79 Å². The number of rotatable bonds is 3. The Morgan fingerprint density at radius 2 is 1.84 bits per heavy atom. The van der Waals surface area contributed by atoms with E-state index in [1.165, 1.54) is 32.4 Å². The topological polar surface area (TPSA) is 49.6 Å². The number of fused-ring (bicyclic) bond motifs is 1. The number of carbonyl (C=O) groups excluding carboxylic acids is 1. The predicted octanol–water partition coefficient (Wildman–Crippen LogP) is 3.32. The molecule has 2 aliphatic heterocycles. The molecule has 0 bridgehead atoms. The Morgan fingerprint density at radius 3 is 2.60 bits per heavy atom. The van der Waals surface area contributed by atoms with E-state index in [9.17, 15) is 4.79 Å². The maximum Gasteiger partial charge on any atom is 0.246 e. The van der Waals surface area contributed by atoms with Gasteiger partial charge in [0.25, 0.3) is 0 Å². The Kier molecular flexibility index (Phi) is 4.83. The van der Waals surface area contributed by atoms with Crippen LogP contribution in [0.1, 0.15) is 38.0 Å². The van der Waals surface area contributed by atoms with Crippen LogP contribution in [0.15, 0.2) is 34.8 Å². The Balaban J connectivity index is 1.32. The Hall–Kier alpha value is -2.14. The molecule has 2 aromatic rings. The number of hydrogen-bond acceptors (Lipinski definition) is 4. The van der Waals surface area contributed by atoms with Gasteiger partial charge in [0.15, 0.2) is 5.58 Å². The number of likely N-dealkylation sites (tertiary alicyclic amines) is 2. The summed E-state index contributed by atoms with van der Waals surface area (Å²) in [5.41, 5.74) is 1.56. The van der Waals surface area contributed by atoms with Gasteiger partial charge in [-0.2, -0.15) is 0 Å². The molecule has 0 saturated carbocycles. The van der Waals surface area contributed by atoms with Crippen LogP contribution in [0.5, 0.6) is 0 Å². The number of oxazole rings is 1. The number of aromatic nitrogens is 1. The first-order valence-corrected chi connectivity index (χ1v) is 9.36. The van der Waals surface area contributed by atoms with E-state index in [0.29, 0.717) is 11.9 Å². The molecule has 2 aliphatic rings. The molecule has 0 aliphatic carbocycles. The molecule has 0 spiro atoms. The molecule has 0 atom stereocenters. The van der Waals surface area contributed by atoms with E-state index in [1.807, 2.05) is 29.2 Å². The summed E-state index contributed by atoms with van der Waals surface area (Å²) in [5.74, 6) is 0.539. The zero-order valence-electron chi connectivity index (χ0n) is 14.6. The van der Waals surface area contributed by atoms with Crippen LogP contribution in [0.3, 0.4) is 0 Å². The minimum Gasteiger partial charge on any atom is -0.437 e. The van der Waals surface area contributed by atoms with Crippen molar-refractivity contribution in [3.63, 3.8) is 0 Å². The maximum atomic E-state index is 12.4. The highest BCUT2D eigenvalue weighted by atomic mass is 16.3. The monoisotopic (exact) mass is 339 g/mol. The number of carbonyl (C=O) groups is 1. The second-order valence-corrected chi connectivity index (χ2v) is 7.01. The quantitative estimate of drug-likeness (QED) is 0.805. The van der Waals surface area contributed by atoms with E-state index in [0.717, 1.165) is 37.0 Å². The van der Waals surface area contributed by atoms with Crippen molar-refractivity contribution in [2.45, 2.75) is 38.1 Å². The standard InChI is InChI=1S/C20H25N3O2/c24-20(9-8-19-21-17-6-2-3-7-18(17)25-19)23-14-10-16(11-15-23)22-12-4-1-5-13-22/h2-3,6-9,16H,1,4-5,10-15H2/b9-8-. The number of amides is 1. The lowest BCUT2D eigenvalue weighted by molar-refractivity contribution is -0.127. The molecule has 5 nitrogen and oxygen atoms in total. The van der Waals surface area contributed by atoms with E-state index in [1.54, 1.807) is 12.2 Å². The van der Waals surface area contributed by atoms with E-state index >= 15 is 0 Å². The third-order valence-electron chi connectivity index (χ3n) is 5.36. The van der Waals surface area contributed by atoms with Crippen molar-refractivity contribution in [2.75, 3.05) is 26.2 Å². The van der Waals surface area contributed by atoms with Crippen molar-refractivity contribution in [1.29, 1.82) is 0 Å². The van der Waals surface area contributed by atoms with Gasteiger partial charge in [-0.05, 0) is 50.9 Å². The fourth-order valence-corrected chi connectivity index (χ4v) is 3.94. The van der Waals surface area contributed by atoms with Gasteiger partial charge in [-0.25, -0.2) is 4.98 Å². The minimum atomic E-state index is 0.0550. The second kappa shape index (κ2) is 7.40. The second-order valence-electron chi connectivity index (χ2n) is 7.01. The average molecular weight is 339 g/mol. The van der Waals surface area contributed by atoms with Gasteiger partial charge in [-0.1, -0.05) is 18.6 Å². The largest absolute Gasteiger partial charge is 0.437 e. The van der Waals surface area contributed by atoms with Gasteiger partial charge in [0, 0.05) is 31.3 Å². The Morgan fingerprint density at radius 1 is 1.08 bits per heavy atom. The average Bonchev–Trinajstić information content (AvgIpc) is 3.10. The molecule has 2 saturated heterocycles. The van der Waals surface area contributed by atoms with Gasteiger partial charge in [-0.15, -0.1) is 0 Å². The molecular weight excluding hydrogens is 314 g/mol. The van der Waals surface area contributed by atoms with Crippen LogP contribution in [0.25, 0.3) is 17.2 Å². The van der Waals surface area contributed by atoms with Crippen LogP contribution in [0.2, 0.25) is 0 Å². The van der Waals surface area contributed by atoms with E-state index in [-0.39, 0.29) is 5.91 Å². The first kappa shape index (κ1) is 16.3. The summed E-state index contributed by atoms with van der Waals surface area (Å²) in [5, 5.41) is 0. The van der Waals surface area contributed by atoms with Crippen LogP contribution in [0.4, 0.5) is 0 Å². The van der Waals surface area contributed by atoms with Gasteiger partial charge in [0.05, 0.1) is 0 Å². The van der Waals surface area contributed by atoms with E-state index < -0.39 is 0 Å². The van der Waals surface area contributed by atoms with Gasteiger partial charge in [0.1, 0.15) is 5.52 Å². The van der Waals surface area contributed by atoms with Gasteiger partial charge < -0.3 is 14.2 Å².